The number of nitrogens with zero attached hydrogens (tertiary/aromatic N) is 1. The number of carbonyl (C=O) groups is 2. The first kappa shape index (κ1) is 31.2. The van der Waals surface area contributed by atoms with Crippen molar-refractivity contribution < 1.29 is 28.1 Å². The lowest BCUT2D eigenvalue weighted by Crippen LogP contribution is -2.55. The Morgan fingerprint density at radius 1 is 0.975 bits per heavy atom. The second-order valence-corrected chi connectivity index (χ2v) is 11.7. The highest BCUT2D eigenvalue weighted by atomic mass is 35.5. The highest BCUT2D eigenvalue weighted by molar-refractivity contribution is 7.95. The largest absolute Gasteiger partial charge is 0.475 e. The Morgan fingerprint density at radius 2 is 1.65 bits per heavy atom. The summed E-state index contributed by atoms with van der Waals surface area (Å²) in [6.07, 6.45) is 0.0515. The van der Waals surface area contributed by atoms with Gasteiger partial charge in [0.05, 0.1) is 22.2 Å². The highest BCUT2D eigenvalue weighted by Crippen LogP contribution is 2.22. The molecule has 0 unspecified atom stereocenters. The molecule has 0 aromatic heterocycles. The molecule has 3 aromatic carbocycles. The average molecular weight is 604 g/mol. The number of nitrogens with one attached hydrogen (secondary N) is 2. The Kier molecular flexibility index (Phi) is 10.8. The lowest BCUT2D eigenvalue weighted by molar-refractivity contribution is -0.123. The monoisotopic (exact) mass is 603 g/mol. The van der Waals surface area contributed by atoms with Crippen molar-refractivity contribution in [2.75, 3.05) is 11.4 Å². The second-order valence-electron chi connectivity index (χ2n) is 8.92. The number of hydrogen-bond donors (Lipinski definition) is 4. The number of benzene rings is 3. The van der Waals surface area contributed by atoms with Crippen molar-refractivity contribution in [2.24, 2.45) is 0 Å². The van der Waals surface area contributed by atoms with Crippen molar-refractivity contribution in [2.45, 2.75) is 24.8 Å². The summed E-state index contributed by atoms with van der Waals surface area (Å²) in [5, 5.41) is 26.4. The molecule has 9 nitrogen and oxygen atoms in total. The summed E-state index contributed by atoms with van der Waals surface area (Å²) in [6, 6.07) is 18.5. The first-order valence-corrected chi connectivity index (χ1v) is 14.3. The Bertz CT molecular complexity index is 1470. The van der Waals surface area contributed by atoms with Crippen LogP contribution in [0.3, 0.4) is 0 Å². The van der Waals surface area contributed by atoms with Crippen LogP contribution >= 0.6 is 23.2 Å². The normalized spacial score (nSPS) is 12.6. The van der Waals surface area contributed by atoms with Gasteiger partial charge in [-0.25, -0.2) is 8.42 Å². The number of sulfonamides is 1. The van der Waals surface area contributed by atoms with E-state index in [0.29, 0.717) is 11.3 Å². The van der Waals surface area contributed by atoms with Crippen LogP contribution in [-0.2, 0) is 27.7 Å². The zero-order chi connectivity index (χ0) is 29.4. The summed E-state index contributed by atoms with van der Waals surface area (Å²) in [4.78, 5) is 26.6. The van der Waals surface area contributed by atoms with Gasteiger partial charge in [-0.2, -0.15) is 0 Å². The van der Waals surface area contributed by atoms with Crippen LogP contribution in [0, 0.1) is 0 Å². The van der Waals surface area contributed by atoms with E-state index in [1.54, 1.807) is 48.5 Å². The Labute approximate surface area is 243 Å². The summed E-state index contributed by atoms with van der Waals surface area (Å²) in [6.45, 7) is 3.33. The Balaban J connectivity index is 1.91. The van der Waals surface area contributed by atoms with E-state index in [1.807, 2.05) is 6.07 Å². The predicted molar refractivity (Wildman–Crippen MR) is 158 cm³/mol. The van der Waals surface area contributed by atoms with Crippen LogP contribution in [0.2, 0.25) is 10.0 Å². The molecule has 0 spiro atoms. The third-order valence-electron chi connectivity index (χ3n) is 6.09. The molecule has 0 radical (unpaired) electrons. The van der Waals surface area contributed by atoms with E-state index in [2.05, 4.69) is 17.2 Å². The SMILES string of the molecule is C=CS(=O)(=O)N(C)c1cccc(C[C@H](NC(=O)c2cc(Cl)ccc2Cl)C(=O)N[C@@H](Cc2ccccc2)B(O)O)c1. The summed E-state index contributed by atoms with van der Waals surface area (Å²) < 4.78 is 25.5. The summed E-state index contributed by atoms with van der Waals surface area (Å²) in [5.41, 5.74) is 1.63. The number of rotatable bonds is 12. The molecule has 210 valence electrons. The molecule has 2 amide bonds. The van der Waals surface area contributed by atoms with E-state index in [-0.39, 0.29) is 28.5 Å². The van der Waals surface area contributed by atoms with Crippen LogP contribution in [0.25, 0.3) is 0 Å². The fourth-order valence-electron chi connectivity index (χ4n) is 3.87. The van der Waals surface area contributed by atoms with Gasteiger partial charge in [-0.1, -0.05) is 72.2 Å². The maximum atomic E-state index is 13.5. The molecule has 3 rings (SSSR count). The summed E-state index contributed by atoms with van der Waals surface area (Å²) in [7, 11) is -4.29. The van der Waals surface area contributed by atoms with Gasteiger partial charge in [0.25, 0.3) is 15.9 Å². The lowest BCUT2D eigenvalue weighted by Gasteiger charge is -2.24. The van der Waals surface area contributed by atoms with Crippen LogP contribution in [0.4, 0.5) is 5.69 Å². The van der Waals surface area contributed by atoms with Crippen molar-refractivity contribution in [3.63, 3.8) is 0 Å². The minimum Gasteiger partial charge on any atom is -0.426 e. The molecule has 0 saturated carbocycles. The number of hydrogen-bond acceptors (Lipinski definition) is 6. The quantitative estimate of drug-likeness (QED) is 0.235. The van der Waals surface area contributed by atoms with Crippen LogP contribution < -0.4 is 14.9 Å². The molecule has 2 atom stereocenters. The molecule has 0 heterocycles. The lowest BCUT2D eigenvalue weighted by atomic mass is 9.75. The molecular formula is C27H28BCl2N3O6S. The van der Waals surface area contributed by atoms with E-state index in [0.717, 1.165) is 15.3 Å². The maximum absolute atomic E-state index is 13.5. The smallest absolute Gasteiger partial charge is 0.426 e. The van der Waals surface area contributed by atoms with Gasteiger partial charge >= 0.3 is 7.12 Å². The van der Waals surface area contributed by atoms with E-state index in [9.17, 15) is 28.1 Å². The molecule has 40 heavy (non-hydrogen) atoms. The van der Waals surface area contributed by atoms with E-state index in [4.69, 9.17) is 23.2 Å². The molecule has 13 heteroatoms. The molecule has 0 aliphatic heterocycles. The molecule has 0 aliphatic carbocycles. The fraction of sp³-hybridized carbons (Fsp3) is 0.185. The van der Waals surface area contributed by atoms with E-state index < -0.39 is 40.9 Å². The number of amides is 2. The minimum atomic E-state index is -3.77. The van der Waals surface area contributed by atoms with Gasteiger partial charge in [0.2, 0.25) is 5.91 Å². The van der Waals surface area contributed by atoms with Gasteiger partial charge in [-0.05, 0) is 47.9 Å². The van der Waals surface area contributed by atoms with Crippen LogP contribution in [0.1, 0.15) is 21.5 Å². The van der Waals surface area contributed by atoms with Gasteiger partial charge in [-0.15, -0.1) is 0 Å². The Morgan fingerprint density at radius 3 is 2.30 bits per heavy atom. The molecule has 0 saturated heterocycles. The van der Waals surface area contributed by atoms with Gasteiger partial charge in [0.1, 0.15) is 6.04 Å². The number of carbonyl (C=O) groups excluding carboxylic acids is 2. The average Bonchev–Trinajstić information content (AvgIpc) is 2.93. The van der Waals surface area contributed by atoms with Crippen molar-refractivity contribution in [3.8, 4) is 0 Å². The number of anilines is 1. The zero-order valence-corrected chi connectivity index (χ0v) is 23.8. The van der Waals surface area contributed by atoms with E-state index >= 15 is 0 Å². The second kappa shape index (κ2) is 13.8. The molecule has 4 N–H and O–H groups in total. The summed E-state index contributed by atoms with van der Waals surface area (Å²) in [5.74, 6) is -2.46. The van der Waals surface area contributed by atoms with Crippen molar-refractivity contribution >= 4 is 57.8 Å². The molecule has 3 aromatic rings. The minimum absolute atomic E-state index is 0.0422. The maximum Gasteiger partial charge on any atom is 0.475 e. The number of halogens is 2. The highest BCUT2D eigenvalue weighted by Gasteiger charge is 2.30. The topological polar surface area (TPSA) is 136 Å². The van der Waals surface area contributed by atoms with Crippen molar-refractivity contribution in [1.82, 2.24) is 10.6 Å². The summed E-state index contributed by atoms with van der Waals surface area (Å²) >= 11 is 12.2. The van der Waals surface area contributed by atoms with Gasteiger partial charge in [0.15, 0.2) is 0 Å². The van der Waals surface area contributed by atoms with Crippen LogP contribution in [0.15, 0.2) is 84.8 Å². The third-order valence-corrected chi connectivity index (χ3v) is 8.05. The standard InChI is InChI=1S/C27H28BCl2N3O6S/c1-3-40(38,39)33(2)21-11-7-10-19(14-21)15-24(31-26(34)22-17-20(29)12-13-23(22)30)27(35)32-25(28(36)37)16-18-8-5-4-6-9-18/h3-14,17,24-25,36-37H,1,15-16H2,2H3,(H,31,34)(H,32,35)/t24-,25-/m0/s1. The fourth-order valence-corrected chi connectivity index (χ4v) is 4.88. The van der Waals surface area contributed by atoms with Gasteiger partial charge in [0, 0.05) is 23.9 Å². The molecular weight excluding hydrogens is 576 g/mol. The first-order chi connectivity index (χ1) is 18.9. The molecule has 0 fully saturated rings. The zero-order valence-electron chi connectivity index (χ0n) is 21.5. The van der Waals surface area contributed by atoms with Crippen LogP contribution in [-0.4, -0.2) is 56.4 Å². The predicted octanol–water partition coefficient (Wildman–Crippen LogP) is 2.98. The van der Waals surface area contributed by atoms with Gasteiger partial charge in [-0.3, -0.25) is 13.9 Å². The third kappa shape index (κ3) is 8.33. The van der Waals surface area contributed by atoms with E-state index in [1.165, 1.54) is 25.2 Å². The van der Waals surface area contributed by atoms with Crippen molar-refractivity contribution in [3.05, 3.63) is 112 Å². The van der Waals surface area contributed by atoms with Crippen LogP contribution in [0.5, 0.6) is 0 Å². The molecule has 0 aliphatic rings. The van der Waals surface area contributed by atoms with Crippen molar-refractivity contribution in [1.29, 1.82) is 0 Å². The Hall–Kier alpha value is -3.35. The van der Waals surface area contributed by atoms with Gasteiger partial charge < -0.3 is 20.7 Å². The molecule has 0 bridgehead atoms. The first-order valence-electron chi connectivity index (χ1n) is 12.1.